The summed E-state index contributed by atoms with van der Waals surface area (Å²) in [5.74, 6) is 0. The van der Waals surface area contributed by atoms with Crippen molar-refractivity contribution in [3.8, 4) is 6.07 Å². The molecule has 0 saturated heterocycles. The fraction of sp³-hybridized carbons (Fsp3) is 0. The molecule has 0 fully saturated rings. The molecule has 0 saturated carbocycles. The Morgan fingerprint density at radius 3 is 2.28 bits per heavy atom. The highest BCUT2D eigenvalue weighted by molar-refractivity contribution is 6.39. The zero-order valence-electron chi connectivity index (χ0n) is 9.24. The van der Waals surface area contributed by atoms with Gasteiger partial charge in [-0.15, -0.1) is 0 Å². The third-order valence-corrected chi connectivity index (χ3v) is 3.08. The zero-order valence-corrected chi connectivity index (χ0v) is 10.8. The van der Waals surface area contributed by atoms with Crippen molar-refractivity contribution in [3.63, 3.8) is 0 Å². The van der Waals surface area contributed by atoms with E-state index in [4.69, 9.17) is 34.2 Å². The summed E-state index contributed by atoms with van der Waals surface area (Å²) in [6.45, 7) is 0. The van der Waals surface area contributed by atoms with E-state index in [1.165, 1.54) is 0 Å². The second kappa shape index (κ2) is 5.18. The maximum atomic E-state index is 8.91. The van der Waals surface area contributed by atoms with Gasteiger partial charge < -0.3 is 11.1 Å². The molecule has 2 aromatic carbocycles. The Morgan fingerprint density at radius 1 is 1.06 bits per heavy atom. The number of hydrogen-bond acceptors (Lipinski definition) is 3. The first-order valence-corrected chi connectivity index (χ1v) is 5.88. The molecule has 0 aliphatic carbocycles. The van der Waals surface area contributed by atoms with E-state index in [0.717, 1.165) is 0 Å². The molecule has 3 N–H and O–H groups in total. The third-order valence-electron chi connectivity index (χ3n) is 2.45. The molecular weight excluding hydrogens is 269 g/mol. The fourth-order valence-electron chi connectivity index (χ4n) is 1.52. The van der Waals surface area contributed by atoms with Crippen LogP contribution in [0.1, 0.15) is 5.56 Å². The van der Waals surface area contributed by atoms with Crippen LogP contribution in [0.5, 0.6) is 0 Å². The van der Waals surface area contributed by atoms with Crippen LogP contribution in [0.25, 0.3) is 0 Å². The number of rotatable bonds is 2. The summed E-state index contributed by atoms with van der Waals surface area (Å²) >= 11 is 12.1. The number of nitrogens with two attached hydrogens (primary N) is 1. The van der Waals surface area contributed by atoms with E-state index in [1.807, 2.05) is 6.07 Å². The quantitative estimate of drug-likeness (QED) is 0.809. The van der Waals surface area contributed by atoms with Crippen LogP contribution in [0, 0.1) is 11.3 Å². The highest BCUT2D eigenvalue weighted by Crippen LogP contribution is 2.34. The molecule has 5 heteroatoms. The first kappa shape index (κ1) is 12.6. The van der Waals surface area contributed by atoms with Crippen molar-refractivity contribution in [1.82, 2.24) is 0 Å². The Kier molecular flexibility index (Phi) is 3.61. The minimum atomic E-state index is 0.371. The van der Waals surface area contributed by atoms with Crippen LogP contribution < -0.4 is 11.1 Å². The number of benzene rings is 2. The van der Waals surface area contributed by atoms with Gasteiger partial charge in [0, 0.05) is 0 Å². The van der Waals surface area contributed by atoms with E-state index >= 15 is 0 Å². The summed E-state index contributed by atoms with van der Waals surface area (Å²) in [6, 6.07) is 12.4. The maximum Gasteiger partial charge on any atom is 0.101 e. The number of nitrogens with zero attached hydrogens (tertiary/aromatic N) is 1. The van der Waals surface area contributed by atoms with Gasteiger partial charge in [-0.2, -0.15) is 5.26 Å². The van der Waals surface area contributed by atoms with Crippen LogP contribution in [0.2, 0.25) is 10.0 Å². The Balaban J connectivity index is 2.44. The molecule has 0 aliphatic heterocycles. The monoisotopic (exact) mass is 277 g/mol. The van der Waals surface area contributed by atoms with Crippen molar-refractivity contribution < 1.29 is 0 Å². The SMILES string of the molecule is N#Cc1cccc(Nc2c(Cl)cccc2Cl)c1N. The number of hydrogen-bond donors (Lipinski definition) is 2. The van der Waals surface area contributed by atoms with E-state index < -0.39 is 0 Å². The number of nitrogen functional groups attached to an aromatic ring is 1. The Bertz CT molecular complexity index is 612. The molecule has 0 unspecified atom stereocenters. The van der Waals surface area contributed by atoms with E-state index in [1.54, 1.807) is 36.4 Å². The average molecular weight is 278 g/mol. The Hall–Kier alpha value is -1.89. The van der Waals surface area contributed by atoms with Crippen LogP contribution in [0.4, 0.5) is 17.1 Å². The standard InChI is InChI=1S/C13H9Cl2N3/c14-9-4-2-5-10(15)13(9)18-11-6-1-3-8(7-16)12(11)17/h1-6,18H,17H2. The smallest absolute Gasteiger partial charge is 0.101 e. The van der Waals surface area contributed by atoms with Crippen molar-refractivity contribution in [2.75, 3.05) is 11.1 Å². The van der Waals surface area contributed by atoms with Crippen LogP contribution >= 0.6 is 23.2 Å². The zero-order chi connectivity index (χ0) is 13.1. The second-order valence-corrected chi connectivity index (χ2v) is 4.41. The van der Waals surface area contributed by atoms with Gasteiger partial charge in [-0.25, -0.2) is 0 Å². The number of para-hydroxylation sites is 2. The predicted molar refractivity (Wildman–Crippen MR) is 75.3 cm³/mol. The Morgan fingerprint density at radius 2 is 1.67 bits per heavy atom. The van der Waals surface area contributed by atoms with E-state index in [2.05, 4.69) is 5.32 Å². The van der Waals surface area contributed by atoms with Crippen molar-refractivity contribution in [2.45, 2.75) is 0 Å². The van der Waals surface area contributed by atoms with Crippen LogP contribution in [-0.4, -0.2) is 0 Å². The van der Waals surface area contributed by atoms with Gasteiger partial charge in [0.25, 0.3) is 0 Å². The molecular formula is C13H9Cl2N3. The van der Waals surface area contributed by atoms with Crippen molar-refractivity contribution in [3.05, 3.63) is 52.0 Å². The van der Waals surface area contributed by atoms with Gasteiger partial charge in [-0.05, 0) is 24.3 Å². The summed E-state index contributed by atoms with van der Waals surface area (Å²) in [7, 11) is 0. The highest BCUT2D eigenvalue weighted by Gasteiger charge is 2.09. The van der Waals surface area contributed by atoms with Gasteiger partial charge in [-0.3, -0.25) is 0 Å². The topological polar surface area (TPSA) is 61.8 Å². The highest BCUT2D eigenvalue weighted by atomic mass is 35.5. The minimum Gasteiger partial charge on any atom is -0.396 e. The first-order valence-electron chi connectivity index (χ1n) is 5.13. The lowest BCUT2D eigenvalue weighted by molar-refractivity contribution is 1.47. The number of nitrogens with one attached hydrogen (secondary N) is 1. The summed E-state index contributed by atoms with van der Waals surface area (Å²) in [5.41, 5.74) is 7.82. The third kappa shape index (κ3) is 2.35. The fourth-order valence-corrected chi connectivity index (χ4v) is 2.02. The molecule has 0 radical (unpaired) electrons. The van der Waals surface area contributed by atoms with E-state index in [0.29, 0.717) is 32.7 Å². The normalized spacial score (nSPS) is 9.83. The van der Waals surface area contributed by atoms with Crippen LogP contribution in [0.15, 0.2) is 36.4 Å². The molecule has 0 aromatic heterocycles. The molecule has 0 amide bonds. The van der Waals surface area contributed by atoms with E-state index in [9.17, 15) is 0 Å². The van der Waals surface area contributed by atoms with Gasteiger partial charge in [-0.1, -0.05) is 35.3 Å². The minimum absolute atomic E-state index is 0.371. The number of halogens is 2. The molecule has 0 spiro atoms. The van der Waals surface area contributed by atoms with Gasteiger partial charge in [0.1, 0.15) is 6.07 Å². The lowest BCUT2D eigenvalue weighted by Crippen LogP contribution is -1.99. The maximum absolute atomic E-state index is 8.91. The average Bonchev–Trinajstić information content (AvgIpc) is 2.36. The van der Waals surface area contributed by atoms with Gasteiger partial charge in [0.05, 0.1) is 32.7 Å². The van der Waals surface area contributed by atoms with Gasteiger partial charge in [0.15, 0.2) is 0 Å². The summed E-state index contributed by atoms with van der Waals surface area (Å²) in [4.78, 5) is 0. The molecule has 2 rings (SSSR count). The summed E-state index contributed by atoms with van der Waals surface area (Å²) in [5, 5.41) is 12.9. The van der Waals surface area contributed by atoms with Crippen molar-refractivity contribution in [2.24, 2.45) is 0 Å². The lowest BCUT2D eigenvalue weighted by Gasteiger charge is -2.12. The van der Waals surface area contributed by atoms with Crippen molar-refractivity contribution in [1.29, 1.82) is 5.26 Å². The lowest BCUT2D eigenvalue weighted by atomic mass is 10.1. The molecule has 2 aromatic rings. The first-order chi connectivity index (χ1) is 8.63. The van der Waals surface area contributed by atoms with Crippen molar-refractivity contribution >= 4 is 40.3 Å². The molecule has 0 heterocycles. The number of anilines is 3. The van der Waals surface area contributed by atoms with Crippen LogP contribution in [-0.2, 0) is 0 Å². The Labute approximate surface area is 115 Å². The summed E-state index contributed by atoms with van der Waals surface area (Å²) < 4.78 is 0. The van der Waals surface area contributed by atoms with E-state index in [-0.39, 0.29) is 0 Å². The molecule has 0 aliphatic rings. The van der Waals surface area contributed by atoms with Gasteiger partial charge in [0.2, 0.25) is 0 Å². The molecule has 3 nitrogen and oxygen atoms in total. The summed E-state index contributed by atoms with van der Waals surface area (Å²) in [6.07, 6.45) is 0. The number of nitriles is 1. The molecule has 0 bridgehead atoms. The molecule has 0 atom stereocenters. The molecule has 90 valence electrons. The largest absolute Gasteiger partial charge is 0.396 e. The second-order valence-electron chi connectivity index (χ2n) is 3.60. The predicted octanol–water partition coefficient (Wildman–Crippen LogP) is 4.19. The van der Waals surface area contributed by atoms with Crippen LogP contribution in [0.3, 0.4) is 0 Å². The van der Waals surface area contributed by atoms with Gasteiger partial charge >= 0.3 is 0 Å². The molecule has 18 heavy (non-hydrogen) atoms.